The topological polar surface area (TPSA) is 78.5 Å². The van der Waals surface area contributed by atoms with E-state index in [1.807, 2.05) is 12.1 Å². The summed E-state index contributed by atoms with van der Waals surface area (Å²) >= 11 is 0. The van der Waals surface area contributed by atoms with Crippen molar-refractivity contribution in [2.45, 2.75) is 17.7 Å². The van der Waals surface area contributed by atoms with Gasteiger partial charge in [-0.2, -0.15) is 0 Å². The van der Waals surface area contributed by atoms with Gasteiger partial charge in [0.1, 0.15) is 0 Å². The highest BCUT2D eigenvalue weighted by Gasteiger charge is 2.20. The van der Waals surface area contributed by atoms with Crippen LogP contribution < -0.4 is 10.6 Å². The lowest BCUT2D eigenvalue weighted by molar-refractivity contribution is 0.102. The average molecular weight is 396 g/mol. The fourth-order valence-corrected chi connectivity index (χ4v) is 3.81. The Morgan fingerprint density at radius 3 is 2.62 bits per heavy atom. The predicted octanol–water partition coefficient (Wildman–Crippen LogP) is 2.97. The largest absolute Gasteiger partial charge is 0.385 e. The lowest BCUT2D eigenvalue weighted by atomic mass is 9.97. The molecular weight excluding hydrogens is 374 g/mol. The molecular formula is C18H22ClN3O3S. The molecule has 0 atom stereocenters. The Morgan fingerprint density at radius 2 is 1.88 bits per heavy atom. The molecule has 0 fully saturated rings. The van der Waals surface area contributed by atoms with Crippen molar-refractivity contribution in [1.29, 1.82) is 0 Å². The number of rotatable bonds is 4. The first-order chi connectivity index (χ1) is 11.9. The van der Waals surface area contributed by atoms with E-state index in [1.165, 1.54) is 26.2 Å². The molecule has 1 amide bonds. The Labute approximate surface area is 160 Å². The molecule has 6 nitrogen and oxygen atoms in total. The van der Waals surface area contributed by atoms with Gasteiger partial charge in [-0.3, -0.25) is 4.79 Å². The first kappa shape index (κ1) is 20.2. The Balaban J connectivity index is 0.00000243. The second-order valence-electron chi connectivity index (χ2n) is 6.13. The molecule has 0 spiro atoms. The predicted molar refractivity (Wildman–Crippen MR) is 106 cm³/mol. The minimum atomic E-state index is -3.54. The van der Waals surface area contributed by atoms with Crippen molar-refractivity contribution in [2.75, 3.05) is 31.3 Å². The van der Waals surface area contributed by atoms with E-state index < -0.39 is 10.0 Å². The molecule has 140 valence electrons. The molecule has 0 saturated carbocycles. The highest BCUT2D eigenvalue weighted by atomic mass is 35.5. The highest BCUT2D eigenvalue weighted by Crippen LogP contribution is 2.26. The van der Waals surface area contributed by atoms with Gasteiger partial charge in [0, 0.05) is 37.6 Å². The van der Waals surface area contributed by atoms with Crippen molar-refractivity contribution in [3.05, 3.63) is 53.6 Å². The number of halogens is 1. The average Bonchev–Trinajstić information content (AvgIpc) is 2.61. The third-order valence-corrected chi connectivity index (χ3v) is 6.02. The van der Waals surface area contributed by atoms with E-state index >= 15 is 0 Å². The number of fused-ring (bicyclic) bond motifs is 1. The molecule has 2 aromatic rings. The summed E-state index contributed by atoms with van der Waals surface area (Å²) < 4.78 is 25.6. The fourth-order valence-electron chi connectivity index (χ4n) is 2.87. The van der Waals surface area contributed by atoms with Gasteiger partial charge in [0.05, 0.1) is 4.90 Å². The maximum Gasteiger partial charge on any atom is 0.256 e. The maximum absolute atomic E-state index is 12.7. The second kappa shape index (κ2) is 8.07. The molecule has 2 N–H and O–H groups in total. The first-order valence-electron chi connectivity index (χ1n) is 8.09. The summed E-state index contributed by atoms with van der Waals surface area (Å²) in [6, 6.07) is 11.9. The van der Waals surface area contributed by atoms with Crippen LogP contribution in [0.5, 0.6) is 0 Å². The molecule has 1 heterocycles. The molecule has 3 rings (SSSR count). The van der Waals surface area contributed by atoms with Crippen molar-refractivity contribution < 1.29 is 13.2 Å². The summed E-state index contributed by atoms with van der Waals surface area (Å²) in [6.07, 6.45) is 1.83. The molecule has 0 saturated heterocycles. The maximum atomic E-state index is 12.7. The van der Waals surface area contributed by atoms with Crippen LogP contribution in [0.25, 0.3) is 0 Å². The van der Waals surface area contributed by atoms with Gasteiger partial charge >= 0.3 is 0 Å². The van der Waals surface area contributed by atoms with Crippen LogP contribution in [0.2, 0.25) is 0 Å². The zero-order valence-electron chi connectivity index (χ0n) is 14.7. The van der Waals surface area contributed by atoms with Crippen LogP contribution >= 0.6 is 12.4 Å². The number of hydrogen-bond acceptors (Lipinski definition) is 4. The molecule has 1 aliphatic heterocycles. The number of benzene rings is 2. The number of anilines is 2. The minimum Gasteiger partial charge on any atom is -0.385 e. The molecule has 0 aliphatic carbocycles. The number of amides is 1. The van der Waals surface area contributed by atoms with Gasteiger partial charge in [0.2, 0.25) is 10.0 Å². The lowest BCUT2D eigenvalue weighted by Crippen LogP contribution is -2.22. The number of nitrogens with one attached hydrogen (secondary N) is 2. The van der Waals surface area contributed by atoms with Crippen LogP contribution in [0, 0.1) is 0 Å². The smallest absolute Gasteiger partial charge is 0.256 e. The molecule has 0 bridgehead atoms. The van der Waals surface area contributed by atoms with E-state index in [0.29, 0.717) is 11.3 Å². The number of nitrogens with zero attached hydrogens (tertiary/aromatic N) is 1. The van der Waals surface area contributed by atoms with Crippen molar-refractivity contribution in [2.24, 2.45) is 0 Å². The number of sulfonamides is 1. The Bertz CT molecular complexity index is 914. The lowest BCUT2D eigenvalue weighted by Gasteiger charge is -2.20. The van der Waals surface area contributed by atoms with Crippen molar-refractivity contribution >= 4 is 39.7 Å². The van der Waals surface area contributed by atoms with E-state index in [9.17, 15) is 13.2 Å². The van der Waals surface area contributed by atoms with E-state index in [4.69, 9.17) is 0 Å². The van der Waals surface area contributed by atoms with E-state index in [1.54, 1.807) is 18.2 Å². The summed E-state index contributed by atoms with van der Waals surface area (Å²) in [4.78, 5) is 12.8. The summed E-state index contributed by atoms with van der Waals surface area (Å²) in [7, 11) is -0.590. The molecule has 1 aliphatic rings. The Morgan fingerprint density at radius 1 is 1.15 bits per heavy atom. The van der Waals surface area contributed by atoms with Gasteiger partial charge in [0.15, 0.2) is 0 Å². The number of hydrogen-bond donors (Lipinski definition) is 2. The monoisotopic (exact) mass is 395 g/mol. The van der Waals surface area contributed by atoms with E-state index in [2.05, 4.69) is 10.6 Å². The number of carbonyl (C=O) groups excluding carboxylic acids is 1. The van der Waals surface area contributed by atoms with Crippen molar-refractivity contribution in [3.63, 3.8) is 0 Å². The Kier molecular flexibility index (Phi) is 6.28. The number of carbonyl (C=O) groups is 1. The van der Waals surface area contributed by atoms with Crippen LogP contribution in [0.3, 0.4) is 0 Å². The van der Waals surface area contributed by atoms with Gasteiger partial charge in [-0.25, -0.2) is 12.7 Å². The van der Waals surface area contributed by atoms with Gasteiger partial charge in [-0.1, -0.05) is 12.1 Å². The SMILES string of the molecule is CN(C)S(=O)(=O)c1cccc(NC(=O)c2cccc3c2CCCN3)c1.Cl. The van der Waals surface area contributed by atoms with Gasteiger partial charge < -0.3 is 10.6 Å². The zero-order chi connectivity index (χ0) is 18.0. The standard InChI is InChI=1S/C18H21N3O3S.ClH/c1-21(2)25(23,24)14-7-3-6-13(12-14)20-18(22)16-8-4-10-17-15(16)9-5-11-19-17;/h3-4,6-8,10,12,19H,5,9,11H2,1-2H3,(H,20,22);1H. The van der Waals surface area contributed by atoms with Crippen molar-refractivity contribution in [1.82, 2.24) is 4.31 Å². The molecule has 8 heteroatoms. The van der Waals surface area contributed by atoms with Gasteiger partial charge in [-0.05, 0) is 48.7 Å². The molecule has 26 heavy (non-hydrogen) atoms. The van der Waals surface area contributed by atoms with Gasteiger partial charge in [-0.15, -0.1) is 12.4 Å². The van der Waals surface area contributed by atoms with Gasteiger partial charge in [0.25, 0.3) is 5.91 Å². The molecule has 2 aromatic carbocycles. The quantitative estimate of drug-likeness (QED) is 0.834. The van der Waals surface area contributed by atoms with E-state index in [0.717, 1.165) is 34.9 Å². The Hall–Kier alpha value is -2.09. The third-order valence-electron chi connectivity index (χ3n) is 4.21. The van der Waals surface area contributed by atoms with Crippen LogP contribution in [-0.4, -0.2) is 39.3 Å². The van der Waals surface area contributed by atoms with Crippen LogP contribution in [0.4, 0.5) is 11.4 Å². The summed E-state index contributed by atoms with van der Waals surface area (Å²) in [5.41, 5.74) is 3.06. The van der Waals surface area contributed by atoms with Crippen LogP contribution in [-0.2, 0) is 16.4 Å². The van der Waals surface area contributed by atoms with Crippen molar-refractivity contribution in [3.8, 4) is 0 Å². The molecule has 0 radical (unpaired) electrons. The second-order valence-corrected chi connectivity index (χ2v) is 8.28. The molecule has 0 aromatic heterocycles. The van der Waals surface area contributed by atoms with E-state index in [-0.39, 0.29) is 23.2 Å². The molecule has 0 unspecified atom stereocenters. The fraction of sp³-hybridized carbons (Fsp3) is 0.278. The first-order valence-corrected chi connectivity index (χ1v) is 9.53. The summed E-state index contributed by atoms with van der Waals surface area (Å²) in [6.45, 7) is 0.905. The highest BCUT2D eigenvalue weighted by molar-refractivity contribution is 7.89. The van der Waals surface area contributed by atoms with Crippen LogP contribution in [0.1, 0.15) is 22.3 Å². The minimum absolute atomic E-state index is 0. The third kappa shape index (κ3) is 4.00. The normalized spacial score (nSPS) is 13.3. The van der Waals surface area contributed by atoms with Crippen LogP contribution in [0.15, 0.2) is 47.4 Å². The summed E-state index contributed by atoms with van der Waals surface area (Å²) in [5.74, 6) is -0.236. The zero-order valence-corrected chi connectivity index (χ0v) is 16.3. The summed E-state index contributed by atoms with van der Waals surface area (Å²) in [5, 5.41) is 6.11.